The SMILES string of the molecule is COc1ccc(-c2ccc(-c3ccc(C4CCC(S)CO4)c(F)c3F)cc2)c(F)c1F. The lowest BCUT2D eigenvalue weighted by Crippen LogP contribution is -2.21. The van der Waals surface area contributed by atoms with Crippen LogP contribution < -0.4 is 4.74 Å². The number of ether oxygens (including phenoxy) is 2. The molecule has 1 fully saturated rings. The van der Waals surface area contributed by atoms with Gasteiger partial charge in [-0.3, -0.25) is 0 Å². The largest absolute Gasteiger partial charge is 0.494 e. The van der Waals surface area contributed by atoms with Crippen LogP contribution in [-0.2, 0) is 4.74 Å². The van der Waals surface area contributed by atoms with Gasteiger partial charge >= 0.3 is 0 Å². The second-order valence-corrected chi connectivity index (χ2v) is 8.13. The summed E-state index contributed by atoms with van der Waals surface area (Å²) in [5.41, 5.74) is 1.13. The first kappa shape index (κ1) is 21.7. The molecule has 0 aromatic heterocycles. The van der Waals surface area contributed by atoms with Gasteiger partial charge in [-0.25, -0.2) is 13.2 Å². The lowest BCUT2D eigenvalue weighted by molar-refractivity contribution is 0.0165. The molecule has 0 bridgehead atoms. The zero-order chi connectivity index (χ0) is 22.1. The highest BCUT2D eigenvalue weighted by molar-refractivity contribution is 7.81. The molecule has 1 saturated heterocycles. The van der Waals surface area contributed by atoms with E-state index in [2.05, 4.69) is 12.6 Å². The molecule has 1 aliphatic heterocycles. The van der Waals surface area contributed by atoms with Crippen LogP contribution in [0.1, 0.15) is 24.5 Å². The van der Waals surface area contributed by atoms with E-state index in [0.717, 1.165) is 6.42 Å². The van der Waals surface area contributed by atoms with E-state index in [0.29, 0.717) is 24.2 Å². The van der Waals surface area contributed by atoms with Crippen molar-refractivity contribution in [2.45, 2.75) is 24.2 Å². The maximum absolute atomic E-state index is 14.8. The van der Waals surface area contributed by atoms with E-state index in [4.69, 9.17) is 9.47 Å². The van der Waals surface area contributed by atoms with Gasteiger partial charge in [-0.2, -0.15) is 17.0 Å². The topological polar surface area (TPSA) is 18.5 Å². The highest BCUT2D eigenvalue weighted by atomic mass is 32.1. The molecule has 0 N–H and O–H groups in total. The highest BCUT2D eigenvalue weighted by Gasteiger charge is 2.26. The van der Waals surface area contributed by atoms with Gasteiger partial charge < -0.3 is 9.47 Å². The number of benzene rings is 3. The van der Waals surface area contributed by atoms with E-state index in [-0.39, 0.29) is 27.7 Å². The summed E-state index contributed by atoms with van der Waals surface area (Å²) in [4.78, 5) is 0. The Morgan fingerprint density at radius 1 is 0.774 bits per heavy atom. The van der Waals surface area contributed by atoms with Crippen LogP contribution in [0.5, 0.6) is 5.75 Å². The molecule has 0 radical (unpaired) electrons. The van der Waals surface area contributed by atoms with E-state index >= 15 is 0 Å². The second kappa shape index (κ2) is 8.93. The molecule has 2 nitrogen and oxygen atoms in total. The summed E-state index contributed by atoms with van der Waals surface area (Å²) in [5, 5.41) is 0.103. The maximum atomic E-state index is 14.8. The quantitative estimate of drug-likeness (QED) is 0.352. The molecule has 2 unspecified atom stereocenters. The Morgan fingerprint density at radius 2 is 1.35 bits per heavy atom. The van der Waals surface area contributed by atoms with Crippen molar-refractivity contribution < 1.29 is 27.0 Å². The lowest BCUT2D eigenvalue weighted by atomic mass is 9.95. The standard InChI is InChI=1S/C24H20F4O2S/c1-29-20-11-9-17(22(26)24(20)28)14-4-2-13(3-5-14)16-7-8-18(23(27)21(16)25)19-10-6-15(31)12-30-19/h2-5,7-9,11,15,19,31H,6,10,12H2,1H3. The van der Waals surface area contributed by atoms with E-state index < -0.39 is 29.4 Å². The molecule has 162 valence electrons. The molecule has 0 amide bonds. The predicted octanol–water partition coefficient (Wildman–Crippen LogP) is 6.74. The first-order valence-corrected chi connectivity index (χ1v) is 10.3. The summed E-state index contributed by atoms with van der Waals surface area (Å²) in [6.45, 7) is 0.389. The molecule has 4 rings (SSSR count). The highest BCUT2D eigenvalue weighted by Crippen LogP contribution is 2.36. The fourth-order valence-corrected chi connectivity index (χ4v) is 4.00. The van der Waals surface area contributed by atoms with Crippen molar-refractivity contribution in [3.63, 3.8) is 0 Å². The minimum atomic E-state index is -1.08. The fourth-order valence-electron chi connectivity index (χ4n) is 3.76. The van der Waals surface area contributed by atoms with Crippen molar-refractivity contribution >= 4 is 12.6 Å². The molecule has 3 aromatic rings. The molecule has 31 heavy (non-hydrogen) atoms. The number of rotatable bonds is 4. The summed E-state index contributed by atoms with van der Waals surface area (Å²) in [6.07, 6.45) is 0.839. The predicted molar refractivity (Wildman–Crippen MR) is 114 cm³/mol. The molecule has 2 atom stereocenters. The minimum absolute atomic E-state index is 0.0452. The van der Waals surface area contributed by atoms with Gasteiger partial charge in [0, 0.05) is 21.9 Å². The number of thiol groups is 1. The Bertz CT molecular complexity index is 1090. The summed E-state index contributed by atoms with van der Waals surface area (Å²) in [6, 6.07) is 11.9. The molecule has 3 aromatic carbocycles. The smallest absolute Gasteiger partial charge is 0.201 e. The van der Waals surface area contributed by atoms with Gasteiger partial charge in [-0.05, 0) is 36.1 Å². The van der Waals surface area contributed by atoms with Gasteiger partial charge in [0.05, 0.1) is 19.8 Å². The molecule has 0 saturated carbocycles. The van der Waals surface area contributed by atoms with Crippen LogP contribution in [0.2, 0.25) is 0 Å². The first-order valence-electron chi connectivity index (χ1n) is 9.81. The Morgan fingerprint density at radius 3 is 1.90 bits per heavy atom. The lowest BCUT2D eigenvalue weighted by Gasteiger charge is -2.27. The van der Waals surface area contributed by atoms with Gasteiger partial charge in [-0.1, -0.05) is 36.4 Å². The number of methoxy groups -OCH3 is 1. The Kier molecular flexibility index (Phi) is 6.25. The van der Waals surface area contributed by atoms with E-state index in [1.54, 1.807) is 0 Å². The van der Waals surface area contributed by atoms with Crippen LogP contribution in [0.25, 0.3) is 22.3 Å². The molecule has 0 spiro atoms. The Hall–Kier alpha value is -2.51. The summed E-state index contributed by atoms with van der Waals surface area (Å²) in [7, 11) is 1.25. The molecular formula is C24H20F4O2S. The zero-order valence-corrected chi connectivity index (χ0v) is 17.6. The average molecular weight is 448 g/mol. The van der Waals surface area contributed by atoms with Crippen LogP contribution in [0.15, 0.2) is 48.5 Å². The summed E-state index contributed by atoms with van der Waals surface area (Å²) < 4.78 is 68.3. The summed E-state index contributed by atoms with van der Waals surface area (Å²) in [5.74, 6) is -4.22. The van der Waals surface area contributed by atoms with E-state index in [1.165, 1.54) is 55.6 Å². The van der Waals surface area contributed by atoms with Gasteiger partial charge in [-0.15, -0.1) is 0 Å². The summed E-state index contributed by atoms with van der Waals surface area (Å²) >= 11 is 4.34. The van der Waals surface area contributed by atoms with Crippen molar-refractivity contribution in [3.8, 4) is 28.0 Å². The van der Waals surface area contributed by atoms with Crippen LogP contribution in [-0.4, -0.2) is 19.0 Å². The second-order valence-electron chi connectivity index (χ2n) is 7.40. The third-order valence-corrected chi connectivity index (χ3v) is 5.89. The van der Waals surface area contributed by atoms with Crippen molar-refractivity contribution in [1.29, 1.82) is 0 Å². The molecular weight excluding hydrogens is 428 g/mol. The average Bonchev–Trinajstić information content (AvgIpc) is 2.78. The monoisotopic (exact) mass is 448 g/mol. The molecule has 1 aliphatic rings. The zero-order valence-electron chi connectivity index (χ0n) is 16.7. The third-order valence-electron chi connectivity index (χ3n) is 5.48. The van der Waals surface area contributed by atoms with Crippen molar-refractivity contribution in [1.82, 2.24) is 0 Å². The van der Waals surface area contributed by atoms with E-state index in [9.17, 15) is 17.6 Å². The van der Waals surface area contributed by atoms with Gasteiger partial charge in [0.1, 0.15) is 0 Å². The third kappa shape index (κ3) is 4.16. The van der Waals surface area contributed by atoms with Gasteiger partial charge in [0.15, 0.2) is 23.2 Å². The van der Waals surface area contributed by atoms with Gasteiger partial charge in [0.2, 0.25) is 5.82 Å². The normalized spacial score (nSPS) is 18.8. The van der Waals surface area contributed by atoms with E-state index in [1.807, 2.05) is 0 Å². The van der Waals surface area contributed by atoms with Crippen molar-refractivity contribution in [2.75, 3.05) is 13.7 Å². The van der Waals surface area contributed by atoms with Crippen LogP contribution in [0.3, 0.4) is 0 Å². The van der Waals surface area contributed by atoms with Crippen molar-refractivity contribution in [2.24, 2.45) is 0 Å². The Labute approximate surface area is 183 Å². The molecule has 0 aliphatic carbocycles. The minimum Gasteiger partial charge on any atom is -0.494 e. The van der Waals surface area contributed by atoms with Crippen molar-refractivity contribution in [3.05, 3.63) is 77.4 Å². The maximum Gasteiger partial charge on any atom is 0.201 e. The van der Waals surface area contributed by atoms with Crippen LogP contribution >= 0.6 is 12.6 Å². The molecule has 1 heterocycles. The fraction of sp³-hybridized carbons (Fsp3) is 0.250. The first-order chi connectivity index (χ1) is 14.9. The van der Waals surface area contributed by atoms with Gasteiger partial charge in [0.25, 0.3) is 0 Å². The number of hydrogen-bond acceptors (Lipinski definition) is 3. The van der Waals surface area contributed by atoms with Crippen LogP contribution in [0.4, 0.5) is 17.6 Å². The molecule has 7 heteroatoms. The number of halogens is 4. The Balaban J connectivity index is 1.63. The van der Waals surface area contributed by atoms with Crippen LogP contribution in [0, 0.1) is 23.3 Å². The number of hydrogen-bond donors (Lipinski definition) is 1.